The van der Waals surface area contributed by atoms with E-state index in [2.05, 4.69) is 19.9 Å². The van der Waals surface area contributed by atoms with E-state index in [1.807, 2.05) is 0 Å². The molecule has 19 heavy (non-hydrogen) atoms. The zero-order valence-electron chi connectivity index (χ0n) is 9.63. The van der Waals surface area contributed by atoms with Crippen molar-refractivity contribution in [1.29, 1.82) is 0 Å². The topological polar surface area (TPSA) is 144 Å². The molecule has 2 amide bonds. The zero-order chi connectivity index (χ0) is 14.0. The molecule has 0 aliphatic carbocycles. The van der Waals surface area contributed by atoms with Crippen molar-refractivity contribution in [2.24, 2.45) is 11.5 Å². The molecule has 5 N–H and O–H groups in total. The lowest BCUT2D eigenvalue weighted by atomic mass is 10.4. The number of halogens is 1. The van der Waals surface area contributed by atoms with Crippen molar-refractivity contribution in [3.63, 3.8) is 0 Å². The average Bonchev–Trinajstić information content (AvgIpc) is 2.73. The zero-order valence-corrected chi connectivity index (χ0v) is 10.4. The molecule has 0 aromatic carbocycles. The molecule has 0 saturated heterocycles. The van der Waals surface area contributed by atoms with E-state index in [0.29, 0.717) is 11.2 Å². The number of aromatic amines is 1. The van der Waals surface area contributed by atoms with Gasteiger partial charge in [-0.25, -0.2) is 4.98 Å². The Morgan fingerprint density at radius 3 is 2.47 bits per heavy atom. The van der Waals surface area contributed by atoms with Crippen molar-refractivity contribution in [3.05, 3.63) is 11.6 Å². The van der Waals surface area contributed by atoms with Gasteiger partial charge in [-0.2, -0.15) is 9.97 Å². The number of H-pyrrole nitrogens is 1. The van der Waals surface area contributed by atoms with Crippen LogP contribution < -0.4 is 16.4 Å². The summed E-state index contributed by atoms with van der Waals surface area (Å²) in [5, 5.41) is -0.0615. The SMILES string of the molecule is NC(=O)CN(CC(N)=O)c1nc(Cl)nc2nc[nH]c12. The molecule has 0 aliphatic rings. The molecule has 2 aromatic heterocycles. The largest absolute Gasteiger partial charge is 0.368 e. The molecule has 0 saturated carbocycles. The summed E-state index contributed by atoms with van der Waals surface area (Å²) in [6, 6.07) is 0. The normalized spacial score (nSPS) is 10.6. The van der Waals surface area contributed by atoms with Gasteiger partial charge in [0.2, 0.25) is 17.1 Å². The highest BCUT2D eigenvalue weighted by molar-refractivity contribution is 6.28. The third-order valence-electron chi connectivity index (χ3n) is 2.23. The molecule has 2 heterocycles. The van der Waals surface area contributed by atoms with E-state index in [4.69, 9.17) is 23.1 Å². The van der Waals surface area contributed by atoms with Gasteiger partial charge in [-0.05, 0) is 11.6 Å². The number of rotatable bonds is 5. The van der Waals surface area contributed by atoms with Gasteiger partial charge in [0.05, 0.1) is 19.4 Å². The van der Waals surface area contributed by atoms with Crippen LogP contribution in [0.3, 0.4) is 0 Å². The van der Waals surface area contributed by atoms with Crippen LogP contribution in [0.4, 0.5) is 5.82 Å². The van der Waals surface area contributed by atoms with E-state index in [1.54, 1.807) is 0 Å². The third kappa shape index (κ3) is 2.88. The molecule has 2 rings (SSSR count). The fraction of sp³-hybridized carbons (Fsp3) is 0.222. The van der Waals surface area contributed by atoms with E-state index in [0.717, 1.165) is 0 Å². The van der Waals surface area contributed by atoms with Crippen LogP contribution in [0, 0.1) is 0 Å². The van der Waals surface area contributed by atoms with E-state index in [-0.39, 0.29) is 24.2 Å². The van der Waals surface area contributed by atoms with Crippen molar-refractivity contribution < 1.29 is 9.59 Å². The summed E-state index contributed by atoms with van der Waals surface area (Å²) in [7, 11) is 0. The second-order valence-electron chi connectivity index (χ2n) is 3.71. The first-order valence-electron chi connectivity index (χ1n) is 5.15. The number of primary amides is 2. The van der Waals surface area contributed by atoms with Crippen LogP contribution in [-0.4, -0.2) is 44.8 Å². The van der Waals surface area contributed by atoms with Crippen LogP contribution in [-0.2, 0) is 9.59 Å². The Labute approximate surface area is 112 Å². The molecule has 0 aliphatic heterocycles. The summed E-state index contributed by atoms with van der Waals surface area (Å²) in [4.78, 5) is 38.0. The summed E-state index contributed by atoms with van der Waals surface area (Å²) in [6.07, 6.45) is 1.39. The van der Waals surface area contributed by atoms with Gasteiger partial charge in [0.25, 0.3) is 0 Å². The molecule has 0 unspecified atom stereocenters. The quantitative estimate of drug-likeness (QED) is 0.587. The smallest absolute Gasteiger partial charge is 0.237 e. The number of anilines is 1. The standard InChI is InChI=1S/C9H10ClN7O2/c10-9-15-7-6(13-3-14-7)8(16-9)17(1-4(11)18)2-5(12)19/h3H,1-2H2,(H2,11,18)(H2,12,19)(H,13,14,15,16). The molecule has 10 heteroatoms. The second-order valence-corrected chi connectivity index (χ2v) is 4.04. The fourth-order valence-electron chi connectivity index (χ4n) is 1.60. The molecule has 0 radical (unpaired) electrons. The number of hydrogen-bond donors (Lipinski definition) is 3. The maximum atomic E-state index is 11.1. The van der Waals surface area contributed by atoms with Gasteiger partial charge in [0, 0.05) is 0 Å². The van der Waals surface area contributed by atoms with Crippen molar-refractivity contribution in [3.8, 4) is 0 Å². The van der Waals surface area contributed by atoms with E-state index < -0.39 is 11.8 Å². The van der Waals surface area contributed by atoms with E-state index >= 15 is 0 Å². The molecular weight excluding hydrogens is 274 g/mol. The number of fused-ring (bicyclic) bond motifs is 1. The van der Waals surface area contributed by atoms with Gasteiger partial charge in [-0.1, -0.05) is 0 Å². The van der Waals surface area contributed by atoms with Crippen LogP contribution in [0.5, 0.6) is 0 Å². The Kier molecular flexibility index (Phi) is 3.47. The summed E-state index contributed by atoms with van der Waals surface area (Å²) >= 11 is 5.76. The summed E-state index contributed by atoms with van der Waals surface area (Å²) < 4.78 is 0. The number of nitrogens with zero attached hydrogens (tertiary/aromatic N) is 4. The first kappa shape index (κ1) is 13.0. The number of amides is 2. The highest BCUT2D eigenvalue weighted by Gasteiger charge is 2.19. The van der Waals surface area contributed by atoms with E-state index in [9.17, 15) is 9.59 Å². The first-order valence-corrected chi connectivity index (χ1v) is 5.53. The molecule has 0 atom stereocenters. The Morgan fingerprint density at radius 2 is 1.89 bits per heavy atom. The van der Waals surface area contributed by atoms with Crippen molar-refractivity contribution in [2.75, 3.05) is 18.0 Å². The molecular formula is C9H10ClN7O2. The minimum atomic E-state index is -0.636. The minimum Gasteiger partial charge on any atom is -0.368 e. The monoisotopic (exact) mass is 283 g/mol. The number of carbonyl (C=O) groups excluding carboxylic acids is 2. The van der Waals surface area contributed by atoms with Crippen molar-refractivity contribution in [2.45, 2.75) is 0 Å². The number of nitrogens with one attached hydrogen (secondary N) is 1. The summed E-state index contributed by atoms with van der Waals surface area (Å²) in [5.74, 6) is -1.03. The molecule has 0 spiro atoms. The predicted octanol–water partition coefficient (Wildman–Crippen LogP) is -1.22. The van der Waals surface area contributed by atoms with Crippen LogP contribution >= 0.6 is 11.6 Å². The predicted molar refractivity (Wildman–Crippen MR) is 67.3 cm³/mol. The third-order valence-corrected chi connectivity index (χ3v) is 2.40. The van der Waals surface area contributed by atoms with Crippen LogP contribution in [0.15, 0.2) is 6.33 Å². The lowest BCUT2D eigenvalue weighted by molar-refractivity contribution is -0.117. The highest BCUT2D eigenvalue weighted by atomic mass is 35.5. The van der Waals surface area contributed by atoms with Gasteiger partial charge in [0.1, 0.15) is 5.52 Å². The number of carbonyl (C=O) groups is 2. The number of aromatic nitrogens is 4. The Morgan fingerprint density at radius 1 is 1.26 bits per heavy atom. The molecule has 100 valence electrons. The lowest BCUT2D eigenvalue weighted by Gasteiger charge is -2.20. The van der Waals surface area contributed by atoms with E-state index in [1.165, 1.54) is 11.2 Å². The molecule has 0 fully saturated rings. The van der Waals surface area contributed by atoms with Crippen molar-refractivity contribution in [1.82, 2.24) is 19.9 Å². The second kappa shape index (κ2) is 5.06. The molecule has 0 bridgehead atoms. The Balaban J connectivity index is 2.50. The van der Waals surface area contributed by atoms with Crippen molar-refractivity contribution >= 4 is 40.4 Å². The Hall–Kier alpha value is -2.42. The fourth-order valence-corrected chi connectivity index (χ4v) is 1.76. The molecule has 9 nitrogen and oxygen atoms in total. The minimum absolute atomic E-state index is 0.0615. The number of nitrogens with two attached hydrogens (primary N) is 2. The van der Waals surface area contributed by atoms with Gasteiger partial charge in [0.15, 0.2) is 11.5 Å². The average molecular weight is 284 g/mol. The van der Waals surface area contributed by atoms with Crippen LogP contribution in [0.25, 0.3) is 11.2 Å². The highest BCUT2D eigenvalue weighted by Crippen LogP contribution is 2.22. The van der Waals surface area contributed by atoms with Gasteiger partial charge in [-0.15, -0.1) is 0 Å². The van der Waals surface area contributed by atoms with Crippen LogP contribution in [0.1, 0.15) is 0 Å². The number of hydrogen-bond acceptors (Lipinski definition) is 6. The van der Waals surface area contributed by atoms with Gasteiger partial charge < -0.3 is 21.4 Å². The maximum Gasteiger partial charge on any atom is 0.237 e. The molecule has 2 aromatic rings. The maximum absolute atomic E-state index is 11.1. The summed E-state index contributed by atoms with van der Waals surface area (Å²) in [5.41, 5.74) is 11.0. The lowest BCUT2D eigenvalue weighted by Crippen LogP contribution is -2.40. The first-order chi connectivity index (χ1) is 8.97. The van der Waals surface area contributed by atoms with Crippen LogP contribution in [0.2, 0.25) is 5.28 Å². The summed E-state index contributed by atoms with van der Waals surface area (Å²) in [6.45, 7) is -0.463. The number of imidazole rings is 1. The van der Waals surface area contributed by atoms with Gasteiger partial charge >= 0.3 is 0 Å². The Bertz CT molecular complexity index is 625. The van der Waals surface area contributed by atoms with Gasteiger partial charge in [-0.3, -0.25) is 9.59 Å².